The summed E-state index contributed by atoms with van der Waals surface area (Å²) in [6.07, 6.45) is 2.54. The molecule has 1 aromatic rings. The lowest BCUT2D eigenvalue weighted by molar-refractivity contribution is 0.265. The summed E-state index contributed by atoms with van der Waals surface area (Å²) in [5.74, 6) is 0.696. The van der Waals surface area contributed by atoms with Crippen molar-refractivity contribution in [3.8, 4) is 0 Å². The number of nitrogens with zero attached hydrogens (tertiary/aromatic N) is 1. The van der Waals surface area contributed by atoms with E-state index in [1.165, 1.54) is 4.57 Å². The molecule has 2 atom stereocenters. The quantitative estimate of drug-likeness (QED) is 0.704. The predicted molar refractivity (Wildman–Crippen MR) is 54.7 cm³/mol. The zero-order valence-corrected chi connectivity index (χ0v) is 8.56. The van der Waals surface area contributed by atoms with E-state index in [0.29, 0.717) is 23.9 Å². The largest absolute Gasteiger partial charge is 0.396 e. The normalized spacial score (nSPS) is 24.1. The summed E-state index contributed by atoms with van der Waals surface area (Å²) in [5.41, 5.74) is -0.157. The van der Waals surface area contributed by atoms with E-state index in [1.807, 2.05) is 0 Å². The number of aromatic nitrogens is 2. The average Bonchev–Trinajstić information content (AvgIpc) is 2.93. The summed E-state index contributed by atoms with van der Waals surface area (Å²) in [4.78, 5) is 24.8. The van der Waals surface area contributed by atoms with Gasteiger partial charge >= 0.3 is 5.69 Å². The predicted octanol–water partition coefficient (Wildman–Crippen LogP) is -0.527. The van der Waals surface area contributed by atoms with Gasteiger partial charge in [0.1, 0.15) is 0 Å². The molecule has 1 aromatic heterocycles. The molecule has 5 heteroatoms. The van der Waals surface area contributed by atoms with E-state index >= 15 is 0 Å². The third-order valence-electron chi connectivity index (χ3n) is 2.92. The SMILES string of the molecule is Cc1cn(C[C@H]2C[C@H]2CO)c(=O)[nH]c1=O. The molecule has 1 aliphatic carbocycles. The Balaban J connectivity index is 2.19. The zero-order valence-electron chi connectivity index (χ0n) is 8.56. The highest BCUT2D eigenvalue weighted by molar-refractivity contribution is 5.01. The van der Waals surface area contributed by atoms with E-state index in [9.17, 15) is 9.59 Å². The molecule has 5 nitrogen and oxygen atoms in total. The third kappa shape index (κ3) is 2.02. The van der Waals surface area contributed by atoms with Crippen LogP contribution in [0.2, 0.25) is 0 Å². The number of aliphatic hydroxyl groups is 1. The topological polar surface area (TPSA) is 75.1 Å². The number of aromatic amines is 1. The molecule has 1 saturated carbocycles. The molecule has 0 aliphatic heterocycles. The summed E-state index contributed by atoms with van der Waals surface area (Å²) in [7, 11) is 0. The molecular formula is C10H14N2O3. The average molecular weight is 210 g/mol. The molecule has 1 aliphatic rings. The van der Waals surface area contributed by atoms with Crippen LogP contribution >= 0.6 is 0 Å². The molecule has 15 heavy (non-hydrogen) atoms. The van der Waals surface area contributed by atoms with Crippen LogP contribution in [0.15, 0.2) is 15.8 Å². The maximum atomic E-state index is 11.4. The van der Waals surface area contributed by atoms with Crippen molar-refractivity contribution in [3.63, 3.8) is 0 Å². The van der Waals surface area contributed by atoms with Crippen LogP contribution < -0.4 is 11.2 Å². The highest BCUT2D eigenvalue weighted by Gasteiger charge is 2.36. The Morgan fingerprint density at radius 3 is 2.87 bits per heavy atom. The molecule has 0 bridgehead atoms. The Bertz CT molecular complexity index is 474. The van der Waals surface area contributed by atoms with Crippen molar-refractivity contribution in [2.24, 2.45) is 11.8 Å². The first-order valence-electron chi connectivity index (χ1n) is 5.03. The van der Waals surface area contributed by atoms with Crippen molar-refractivity contribution >= 4 is 0 Å². The van der Waals surface area contributed by atoms with Gasteiger partial charge in [-0.25, -0.2) is 4.79 Å². The first-order valence-corrected chi connectivity index (χ1v) is 5.03. The van der Waals surface area contributed by atoms with E-state index in [2.05, 4.69) is 4.98 Å². The highest BCUT2D eigenvalue weighted by atomic mass is 16.3. The van der Waals surface area contributed by atoms with Gasteiger partial charge in [-0.05, 0) is 25.2 Å². The fourth-order valence-corrected chi connectivity index (χ4v) is 1.76. The van der Waals surface area contributed by atoms with Gasteiger partial charge in [-0.15, -0.1) is 0 Å². The zero-order chi connectivity index (χ0) is 11.0. The van der Waals surface area contributed by atoms with Gasteiger partial charge in [0.05, 0.1) is 0 Å². The van der Waals surface area contributed by atoms with Gasteiger partial charge in [0, 0.05) is 24.9 Å². The minimum atomic E-state index is -0.366. The number of rotatable bonds is 3. The van der Waals surface area contributed by atoms with Crippen molar-refractivity contribution in [1.82, 2.24) is 9.55 Å². The van der Waals surface area contributed by atoms with Crippen LogP contribution in [0.1, 0.15) is 12.0 Å². The third-order valence-corrected chi connectivity index (χ3v) is 2.92. The number of hydrogen-bond donors (Lipinski definition) is 2. The molecule has 0 spiro atoms. The molecular weight excluding hydrogens is 196 g/mol. The van der Waals surface area contributed by atoms with Gasteiger partial charge in [0.2, 0.25) is 0 Å². The van der Waals surface area contributed by atoms with Crippen molar-refractivity contribution in [3.05, 3.63) is 32.6 Å². The van der Waals surface area contributed by atoms with Crippen molar-refractivity contribution in [2.75, 3.05) is 6.61 Å². The van der Waals surface area contributed by atoms with Crippen LogP contribution in [0.4, 0.5) is 0 Å². The molecule has 0 saturated heterocycles. The Kier molecular flexibility index (Phi) is 2.48. The van der Waals surface area contributed by atoms with E-state index in [4.69, 9.17) is 5.11 Å². The Labute approximate surface area is 86.4 Å². The summed E-state index contributed by atoms with van der Waals surface area (Å²) in [5, 5.41) is 8.88. The van der Waals surface area contributed by atoms with Gasteiger partial charge < -0.3 is 9.67 Å². The number of hydrogen-bond acceptors (Lipinski definition) is 3. The van der Waals surface area contributed by atoms with Crippen molar-refractivity contribution in [1.29, 1.82) is 0 Å². The lowest BCUT2D eigenvalue weighted by atomic mass is 10.3. The van der Waals surface area contributed by atoms with Crippen molar-refractivity contribution in [2.45, 2.75) is 19.9 Å². The summed E-state index contributed by atoms with van der Waals surface area (Å²) >= 11 is 0. The Morgan fingerprint density at radius 2 is 2.27 bits per heavy atom. The number of nitrogens with one attached hydrogen (secondary N) is 1. The standard InChI is InChI=1S/C10H14N2O3/c1-6-3-12(10(15)11-9(6)14)4-7-2-8(7)5-13/h3,7-8,13H,2,4-5H2,1H3,(H,11,14,15)/t7-,8+/m1/s1. The molecule has 2 rings (SSSR count). The summed E-state index contributed by atoms with van der Waals surface area (Å²) in [6, 6.07) is 0. The smallest absolute Gasteiger partial charge is 0.328 e. The van der Waals surface area contributed by atoms with Gasteiger partial charge in [0.15, 0.2) is 0 Å². The fourth-order valence-electron chi connectivity index (χ4n) is 1.76. The molecule has 0 radical (unpaired) electrons. The second-order valence-corrected chi connectivity index (χ2v) is 4.16. The van der Waals surface area contributed by atoms with Crippen LogP contribution in [0.3, 0.4) is 0 Å². The van der Waals surface area contributed by atoms with Crippen LogP contribution in [0, 0.1) is 18.8 Å². The van der Waals surface area contributed by atoms with Crippen LogP contribution in [0.5, 0.6) is 0 Å². The van der Waals surface area contributed by atoms with Gasteiger partial charge in [-0.1, -0.05) is 0 Å². The molecule has 82 valence electrons. The molecule has 1 heterocycles. The van der Waals surface area contributed by atoms with Gasteiger partial charge in [-0.3, -0.25) is 9.78 Å². The van der Waals surface area contributed by atoms with E-state index < -0.39 is 0 Å². The number of aryl methyl sites for hydroxylation is 1. The monoisotopic (exact) mass is 210 g/mol. The minimum absolute atomic E-state index is 0.182. The first kappa shape index (κ1) is 10.2. The van der Waals surface area contributed by atoms with Crippen LogP contribution in [-0.4, -0.2) is 21.3 Å². The van der Waals surface area contributed by atoms with Crippen molar-refractivity contribution < 1.29 is 5.11 Å². The lowest BCUT2D eigenvalue weighted by Crippen LogP contribution is -2.31. The molecule has 0 aromatic carbocycles. The van der Waals surface area contributed by atoms with Gasteiger partial charge in [-0.2, -0.15) is 0 Å². The van der Waals surface area contributed by atoms with Crippen LogP contribution in [0.25, 0.3) is 0 Å². The minimum Gasteiger partial charge on any atom is -0.396 e. The van der Waals surface area contributed by atoms with E-state index in [0.717, 1.165) is 6.42 Å². The van der Waals surface area contributed by atoms with E-state index in [-0.39, 0.29) is 17.9 Å². The highest BCUT2D eigenvalue weighted by Crippen LogP contribution is 2.38. The lowest BCUT2D eigenvalue weighted by Gasteiger charge is -2.04. The first-order chi connectivity index (χ1) is 7.11. The van der Waals surface area contributed by atoms with E-state index in [1.54, 1.807) is 13.1 Å². The second kappa shape index (κ2) is 3.66. The number of aliphatic hydroxyl groups excluding tert-OH is 1. The Hall–Kier alpha value is -1.36. The second-order valence-electron chi connectivity index (χ2n) is 4.16. The maximum Gasteiger partial charge on any atom is 0.328 e. The number of H-pyrrole nitrogens is 1. The molecule has 0 amide bonds. The Morgan fingerprint density at radius 1 is 1.53 bits per heavy atom. The molecule has 0 unspecified atom stereocenters. The summed E-state index contributed by atoms with van der Waals surface area (Å²) < 4.78 is 1.51. The summed E-state index contributed by atoms with van der Waals surface area (Å²) in [6.45, 7) is 2.44. The van der Waals surface area contributed by atoms with Gasteiger partial charge in [0.25, 0.3) is 5.56 Å². The molecule has 2 N–H and O–H groups in total. The maximum absolute atomic E-state index is 11.4. The fraction of sp³-hybridized carbons (Fsp3) is 0.600. The molecule has 1 fully saturated rings. The van der Waals surface area contributed by atoms with Crippen LogP contribution in [-0.2, 0) is 6.54 Å².